The standard InChI is InChI=1S/C16H22BFO3/c1-6-20-14(19)11-7-8-13(18)12(9-11)17-10-15(2,3)16(4,5)21-17/h7-9H,6,10H2,1-5H3. The Balaban J connectivity index is 2.33. The highest BCUT2D eigenvalue weighted by molar-refractivity contribution is 6.68. The minimum atomic E-state index is -0.435. The highest BCUT2D eigenvalue weighted by Crippen LogP contribution is 2.45. The van der Waals surface area contributed by atoms with Gasteiger partial charge in [0.25, 0.3) is 0 Å². The minimum absolute atomic E-state index is 0.0654. The lowest BCUT2D eigenvalue weighted by molar-refractivity contribution is 0.0375. The quantitative estimate of drug-likeness (QED) is 0.634. The van der Waals surface area contributed by atoms with Gasteiger partial charge in [-0.1, -0.05) is 13.8 Å². The molecular formula is C16H22BFO3. The maximum Gasteiger partial charge on any atom is 0.338 e. The Morgan fingerprint density at radius 1 is 1.38 bits per heavy atom. The molecule has 1 aromatic rings. The molecule has 0 aliphatic carbocycles. The van der Waals surface area contributed by atoms with Gasteiger partial charge in [-0.05, 0) is 56.2 Å². The van der Waals surface area contributed by atoms with Crippen molar-refractivity contribution in [2.45, 2.75) is 46.5 Å². The van der Waals surface area contributed by atoms with Gasteiger partial charge in [-0.3, -0.25) is 0 Å². The van der Waals surface area contributed by atoms with Crippen molar-refractivity contribution in [1.29, 1.82) is 0 Å². The van der Waals surface area contributed by atoms with Gasteiger partial charge in [-0.2, -0.15) is 0 Å². The van der Waals surface area contributed by atoms with Gasteiger partial charge in [0.2, 0.25) is 0 Å². The summed E-state index contributed by atoms with van der Waals surface area (Å²) in [6, 6.07) is 4.31. The third kappa shape index (κ3) is 2.98. The van der Waals surface area contributed by atoms with Crippen LogP contribution in [0.1, 0.15) is 45.0 Å². The molecular weight excluding hydrogens is 270 g/mol. The number of rotatable bonds is 3. The normalized spacial score (nSPS) is 19.6. The number of halogens is 1. The van der Waals surface area contributed by atoms with Crippen LogP contribution in [-0.2, 0) is 9.39 Å². The Hall–Kier alpha value is -1.36. The topological polar surface area (TPSA) is 35.5 Å². The zero-order chi connectivity index (χ0) is 15.8. The first-order valence-corrected chi connectivity index (χ1v) is 7.32. The molecule has 1 fully saturated rings. The van der Waals surface area contributed by atoms with E-state index in [1.807, 2.05) is 13.8 Å². The van der Waals surface area contributed by atoms with Crippen LogP contribution in [0.4, 0.5) is 4.39 Å². The second-order valence-electron chi connectivity index (χ2n) is 6.66. The van der Waals surface area contributed by atoms with E-state index >= 15 is 0 Å². The largest absolute Gasteiger partial charge is 0.462 e. The van der Waals surface area contributed by atoms with Crippen LogP contribution in [0.5, 0.6) is 0 Å². The molecule has 0 bridgehead atoms. The van der Waals surface area contributed by atoms with E-state index in [9.17, 15) is 9.18 Å². The third-order valence-corrected chi connectivity index (χ3v) is 4.62. The molecule has 0 radical (unpaired) electrons. The molecule has 0 spiro atoms. The zero-order valence-electron chi connectivity index (χ0n) is 13.3. The van der Waals surface area contributed by atoms with E-state index in [1.54, 1.807) is 13.0 Å². The lowest BCUT2D eigenvalue weighted by Crippen LogP contribution is -2.37. The third-order valence-electron chi connectivity index (χ3n) is 4.62. The van der Waals surface area contributed by atoms with Crippen molar-refractivity contribution < 1.29 is 18.6 Å². The van der Waals surface area contributed by atoms with Gasteiger partial charge in [0, 0.05) is 0 Å². The van der Waals surface area contributed by atoms with Crippen molar-refractivity contribution in [2.24, 2.45) is 5.41 Å². The van der Waals surface area contributed by atoms with E-state index in [4.69, 9.17) is 9.39 Å². The lowest BCUT2D eigenvalue weighted by atomic mass is 9.54. The molecule has 0 aromatic heterocycles. The van der Waals surface area contributed by atoms with E-state index in [1.165, 1.54) is 12.1 Å². The van der Waals surface area contributed by atoms with E-state index in [0.717, 1.165) is 0 Å². The van der Waals surface area contributed by atoms with Gasteiger partial charge < -0.3 is 9.39 Å². The molecule has 0 unspecified atom stereocenters. The van der Waals surface area contributed by atoms with Crippen LogP contribution in [0.15, 0.2) is 18.2 Å². The van der Waals surface area contributed by atoms with E-state index in [2.05, 4.69) is 13.8 Å². The summed E-state index contributed by atoms with van der Waals surface area (Å²) >= 11 is 0. The maximum absolute atomic E-state index is 14.1. The Kier molecular flexibility index (Phi) is 4.16. The molecule has 2 rings (SSSR count). The Bertz CT molecular complexity index is 538. The predicted octanol–water partition coefficient (Wildman–Crippen LogP) is 3.04. The number of ether oxygens (including phenoxy) is 1. The first-order valence-electron chi connectivity index (χ1n) is 7.32. The second-order valence-corrected chi connectivity index (χ2v) is 6.66. The summed E-state index contributed by atoms with van der Waals surface area (Å²) in [5, 5.41) is 0. The Labute approximate surface area is 125 Å². The number of carbonyl (C=O) groups is 1. The first kappa shape index (κ1) is 16.0. The van der Waals surface area contributed by atoms with Crippen molar-refractivity contribution in [3.8, 4) is 0 Å². The van der Waals surface area contributed by atoms with Gasteiger partial charge in [0.15, 0.2) is 0 Å². The average Bonchev–Trinajstić information content (AvgIpc) is 2.59. The molecule has 0 amide bonds. The van der Waals surface area contributed by atoms with E-state index in [0.29, 0.717) is 24.0 Å². The number of esters is 1. The summed E-state index contributed by atoms with van der Waals surface area (Å²) in [5.74, 6) is -0.781. The van der Waals surface area contributed by atoms with Crippen LogP contribution < -0.4 is 5.46 Å². The summed E-state index contributed by atoms with van der Waals surface area (Å²) in [7, 11) is 0. The number of hydrogen-bond donors (Lipinski definition) is 0. The molecule has 114 valence electrons. The summed E-state index contributed by atoms with van der Waals surface area (Å²) in [6.45, 7) is 9.95. The Morgan fingerprint density at radius 2 is 2.05 bits per heavy atom. The molecule has 0 atom stereocenters. The monoisotopic (exact) mass is 292 g/mol. The number of benzene rings is 1. The van der Waals surface area contributed by atoms with Crippen molar-refractivity contribution in [3.05, 3.63) is 29.6 Å². The highest BCUT2D eigenvalue weighted by atomic mass is 19.1. The first-order chi connectivity index (χ1) is 9.68. The molecule has 5 heteroatoms. The minimum Gasteiger partial charge on any atom is -0.462 e. The van der Waals surface area contributed by atoms with E-state index in [-0.39, 0.29) is 23.7 Å². The van der Waals surface area contributed by atoms with Crippen molar-refractivity contribution in [3.63, 3.8) is 0 Å². The number of carbonyl (C=O) groups excluding carboxylic acids is 1. The molecule has 1 heterocycles. The molecule has 21 heavy (non-hydrogen) atoms. The van der Waals surface area contributed by atoms with Crippen molar-refractivity contribution in [2.75, 3.05) is 6.61 Å². The summed E-state index contributed by atoms with van der Waals surface area (Å²) < 4.78 is 25.1. The molecule has 0 saturated carbocycles. The molecule has 3 nitrogen and oxygen atoms in total. The summed E-state index contributed by atoms with van der Waals surface area (Å²) in [5.41, 5.74) is 0.382. The fraction of sp³-hybridized carbons (Fsp3) is 0.562. The van der Waals surface area contributed by atoms with Crippen LogP contribution in [-0.4, -0.2) is 25.1 Å². The molecule has 0 N–H and O–H groups in total. The molecule has 1 aliphatic rings. The fourth-order valence-electron chi connectivity index (χ4n) is 2.57. The molecule has 1 aliphatic heterocycles. The SMILES string of the molecule is CCOC(=O)c1ccc(F)c(B2CC(C)(C)C(C)(C)O2)c1. The highest BCUT2D eigenvalue weighted by Gasteiger charge is 2.50. The summed E-state index contributed by atoms with van der Waals surface area (Å²) in [6.07, 6.45) is 0.712. The van der Waals surface area contributed by atoms with Crippen LogP contribution in [0, 0.1) is 11.2 Å². The second kappa shape index (κ2) is 5.45. The van der Waals surface area contributed by atoms with Crippen LogP contribution in [0.3, 0.4) is 0 Å². The fourth-order valence-corrected chi connectivity index (χ4v) is 2.57. The van der Waals surface area contributed by atoms with E-state index < -0.39 is 5.97 Å². The summed E-state index contributed by atoms with van der Waals surface area (Å²) in [4.78, 5) is 11.8. The van der Waals surface area contributed by atoms with Crippen molar-refractivity contribution >= 4 is 18.3 Å². The van der Waals surface area contributed by atoms with Gasteiger partial charge in [-0.25, -0.2) is 9.18 Å². The van der Waals surface area contributed by atoms with Crippen LogP contribution >= 0.6 is 0 Å². The Morgan fingerprint density at radius 3 is 2.57 bits per heavy atom. The van der Waals surface area contributed by atoms with Gasteiger partial charge in [0.05, 0.1) is 17.8 Å². The number of hydrogen-bond acceptors (Lipinski definition) is 3. The zero-order valence-corrected chi connectivity index (χ0v) is 13.3. The van der Waals surface area contributed by atoms with Gasteiger partial charge in [-0.15, -0.1) is 0 Å². The average molecular weight is 292 g/mol. The van der Waals surface area contributed by atoms with Gasteiger partial charge >= 0.3 is 12.9 Å². The maximum atomic E-state index is 14.1. The molecule has 1 aromatic carbocycles. The van der Waals surface area contributed by atoms with Gasteiger partial charge in [0.1, 0.15) is 5.82 Å². The molecule has 1 saturated heterocycles. The van der Waals surface area contributed by atoms with Crippen LogP contribution in [0.2, 0.25) is 6.32 Å². The predicted molar refractivity (Wildman–Crippen MR) is 81.5 cm³/mol. The lowest BCUT2D eigenvalue weighted by Gasteiger charge is -2.34. The van der Waals surface area contributed by atoms with Crippen LogP contribution in [0.25, 0.3) is 0 Å². The van der Waals surface area contributed by atoms with Crippen molar-refractivity contribution in [1.82, 2.24) is 0 Å². The smallest absolute Gasteiger partial charge is 0.338 e.